The fourth-order valence-electron chi connectivity index (χ4n) is 12.5. The van der Waals surface area contributed by atoms with Gasteiger partial charge in [0.25, 0.3) is 0 Å². The predicted molar refractivity (Wildman–Crippen MR) is 274 cm³/mol. The van der Waals surface area contributed by atoms with E-state index in [4.69, 9.17) is 8.83 Å². The van der Waals surface area contributed by atoms with E-state index in [1.54, 1.807) is 0 Å². The van der Waals surface area contributed by atoms with Gasteiger partial charge in [0.05, 0.1) is 5.69 Å². The molecule has 0 bridgehead atoms. The molecule has 2 aromatic heterocycles. The van der Waals surface area contributed by atoms with Gasteiger partial charge in [-0.15, -0.1) is 0 Å². The summed E-state index contributed by atoms with van der Waals surface area (Å²) >= 11 is 0. The minimum Gasteiger partial charge on any atom is -0.456 e. The largest absolute Gasteiger partial charge is 0.456 e. The van der Waals surface area contributed by atoms with Gasteiger partial charge in [0.1, 0.15) is 16.7 Å². The highest BCUT2D eigenvalue weighted by molar-refractivity contribution is 6.29. The van der Waals surface area contributed by atoms with E-state index in [1.165, 1.54) is 72.3 Å². The predicted octanol–water partition coefficient (Wildman–Crippen LogP) is 17.5. The molecule has 3 heteroatoms. The third kappa shape index (κ3) is 4.82. The SMILES string of the molecule is CC1(C)c2ccccc2-c2ccc(-c3ccc(N(c4ccc5c(c4)C(C)(C)c4ccccc4-5)c4ccc5c(c4)C(C)(C)c4ccccc4-5)c4oc5ccc6oc7ccccc7c6c5c34)cc21. The summed E-state index contributed by atoms with van der Waals surface area (Å²) in [6, 6.07) is 65.2. The summed E-state index contributed by atoms with van der Waals surface area (Å²) < 4.78 is 14.0. The molecule has 0 unspecified atom stereocenters. The lowest BCUT2D eigenvalue weighted by molar-refractivity contribution is 0.659. The summed E-state index contributed by atoms with van der Waals surface area (Å²) in [5.74, 6) is 0. The first kappa shape index (κ1) is 37.7. The quantitative estimate of drug-likeness (QED) is 0.177. The van der Waals surface area contributed by atoms with Crippen LogP contribution in [-0.2, 0) is 16.2 Å². The van der Waals surface area contributed by atoms with Crippen LogP contribution in [0.4, 0.5) is 17.1 Å². The van der Waals surface area contributed by atoms with Crippen molar-refractivity contribution in [1.29, 1.82) is 0 Å². The molecule has 0 amide bonds. The van der Waals surface area contributed by atoms with E-state index in [9.17, 15) is 0 Å². The number of para-hydroxylation sites is 1. The van der Waals surface area contributed by atoms with Gasteiger partial charge in [0, 0.05) is 49.2 Å². The second-order valence-corrected chi connectivity index (χ2v) is 20.4. The van der Waals surface area contributed by atoms with E-state index in [0.717, 1.165) is 66.5 Å². The zero-order chi connectivity index (χ0) is 44.4. The Hall–Kier alpha value is -7.62. The highest BCUT2D eigenvalue weighted by Gasteiger charge is 2.39. The van der Waals surface area contributed by atoms with Gasteiger partial charge in [-0.1, -0.05) is 163 Å². The fraction of sp³-hybridized carbons (Fsp3) is 0.143. The normalized spacial score (nSPS) is 15.5. The van der Waals surface area contributed by atoms with Crippen molar-refractivity contribution in [3.8, 4) is 44.5 Å². The van der Waals surface area contributed by atoms with E-state index >= 15 is 0 Å². The van der Waals surface area contributed by atoms with Crippen LogP contribution in [0.1, 0.15) is 74.9 Å². The molecule has 2 heterocycles. The van der Waals surface area contributed by atoms with Crippen LogP contribution in [-0.4, -0.2) is 0 Å². The molecule has 0 atom stereocenters. The average Bonchev–Trinajstić information content (AvgIpc) is 4.09. The van der Waals surface area contributed by atoms with Gasteiger partial charge < -0.3 is 13.7 Å². The van der Waals surface area contributed by atoms with E-state index < -0.39 is 0 Å². The summed E-state index contributed by atoms with van der Waals surface area (Å²) in [6.45, 7) is 14.2. The molecule has 0 saturated carbocycles. The van der Waals surface area contributed by atoms with Gasteiger partial charge in [-0.25, -0.2) is 0 Å². The molecule has 316 valence electrons. The molecular formula is C63H47NO2. The molecule has 0 aliphatic heterocycles. The van der Waals surface area contributed by atoms with Gasteiger partial charge in [-0.2, -0.15) is 0 Å². The number of hydrogen-bond donors (Lipinski definition) is 0. The van der Waals surface area contributed by atoms with Crippen LogP contribution < -0.4 is 4.90 Å². The van der Waals surface area contributed by atoms with Crippen LogP contribution in [0.3, 0.4) is 0 Å². The van der Waals surface area contributed by atoms with Gasteiger partial charge in [-0.3, -0.25) is 0 Å². The molecule has 11 aromatic rings. The molecule has 3 aliphatic rings. The topological polar surface area (TPSA) is 29.5 Å². The van der Waals surface area contributed by atoms with Crippen molar-refractivity contribution in [3.05, 3.63) is 209 Å². The van der Waals surface area contributed by atoms with E-state index in [-0.39, 0.29) is 16.2 Å². The summed E-state index contributed by atoms with van der Waals surface area (Å²) in [5, 5.41) is 4.32. The second kappa shape index (κ2) is 12.8. The minimum absolute atomic E-state index is 0.147. The van der Waals surface area contributed by atoms with Crippen LogP contribution in [0.15, 0.2) is 185 Å². The molecule has 0 N–H and O–H groups in total. The molecule has 3 nitrogen and oxygen atoms in total. The summed E-state index contributed by atoms with van der Waals surface area (Å²) in [6.07, 6.45) is 0. The average molecular weight is 850 g/mol. The Balaban J connectivity index is 1.07. The van der Waals surface area contributed by atoms with Crippen LogP contribution in [0.2, 0.25) is 0 Å². The Labute approximate surface area is 384 Å². The van der Waals surface area contributed by atoms with Crippen molar-refractivity contribution < 1.29 is 8.83 Å². The molecule has 0 fully saturated rings. The van der Waals surface area contributed by atoms with Gasteiger partial charge in [0.15, 0.2) is 5.58 Å². The van der Waals surface area contributed by atoms with Gasteiger partial charge in [0.2, 0.25) is 0 Å². The third-order valence-electron chi connectivity index (χ3n) is 15.9. The van der Waals surface area contributed by atoms with Crippen LogP contribution in [0, 0.1) is 0 Å². The van der Waals surface area contributed by atoms with Crippen LogP contribution in [0.25, 0.3) is 88.4 Å². The summed E-state index contributed by atoms with van der Waals surface area (Å²) in [7, 11) is 0. The number of anilines is 3. The Bertz CT molecular complexity index is 3820. The first-order valence-electron chi connectivity index (χ1n) is 23.3. The minimum atomic E-state index is -0.178. The Morgan fingerprint density at radius 1 is 0.333 bits per heavy atom. The van der Waals surface area contributed by atoms with Gasteiger partial charge in [-0.05, 0) is 132 Å². The molecule has 0 saturated heterocycles. The van der Waals surface area contributed by atoms with Crippen molar-refractivity contribution in [2.24, 2.45) is 0 Å². The lowest BCUT2D eigenvalue weighted by Gasteiger charge is -2.30. The smallest absolute Gasteiger partial charge is 0.160 e. The first-order valence-corrected chi connectivity index (χ1v) is 23.3. The standard InChI is InChI=1S/C63H47NO2/c1-61(2)47-19-11-7-15-40(47)43-26-23-36(33-50(43)61)39-29-30-53(60-58(39)59-56(66-60)32-31-55-57(59)46-18-10-14-22-54(46)65-55)64(37-24-27-44-41-16-8-12-20-48(41)62(3,4)51(44)34-37)38-25-28-45-42-17-9-13-21-49(42)63(5,6)52(45)35-38/h7-35H,1-6H3. The molecule has 0 spiro atoms. The number of fused-ring (bicyclic) bond motifs is 16. The van der Waals surface area contributed by atoms with Crippen LogP contribution in [0.5, 0.6) is 0 Å². The zero-order valence-electron chi connectivity index (χ0n) is 38.0. The maximum atomic E-state index is 7.37. The third-order valence-corrected chi connectivity index (χ3v) is 15.9. The molecule has 3 aliphatic carbocycles. The number of rotatable bonds is 4. The second-order valence-electron chi connectivity index (χ2n) is 20.4. The lowest BCUT2D eigenvalue weighted by atomic mass is 9.81. The molecule has 0 radical (unpaired) electrons. The van der Waals surface area contributed by atoms with E-state index in [0.29, 0.717) is 0 Å². The van der Waals surface area contributed by atoms with E-state index in [1.807, 2.05) is 6.07 Å². The van der Waals surface area contributed by atoms with Crippen LogP contribution >= 0.6 is 0 Å². The molecule has 14 rings (SSSR count). The Morgan fingerprint density at radius 2 is 0.788 bits per heavy atom. The highest BCUT2D eigenvalue weighted by Crippen LogP contribution is 2.56. The summed E-state index contributed by atoms with van der Waals surface area (Å²) in [4.78, 5) is 2.46. The fourth-order valence-corrected chi connectivity index (χ4v) is 12.5. The van der Waals surface area contributed by atoms with Crippen molar-refractivity contribution in [1.82, 2.24) is 0 Å². The van der Waals surface area contributed by atoms with Gasteiger partial charge >= 0.3 is 0 Å². The van der Waals surface area contributed by atoms with Crippen molar-refractivity contribution >= 4 is 60.9 Å². The maximum Gasteiger partial charge on any atom is 0.160 e. The van der Waals surface area contributed by atoms with Crippen molar-refractivity contribution in [2.75, 3.05) is 4.90 Å². The Kier molecular flexibility index (Phi) is 7.32. The summed E-state index contributed by atoms with van der Waals surface area (Å²) in [5.41, 5.74) is 24.3. The number of nitrogens with zero attached hydrogens (tertiary/aromatic N) is 1. The number of benzene rings is 9. The monoisotopic (exact) mass is 849 g/mol. The van der Waals surface area contributed by atoms with E-state index in [2.05, 4.69) is 216 Å². The zero-order valence-corrected chi connectivity index (χ0v) is 38.0. The first-order chi connectivity index (χ1) is 32.0. The Morgan fingerprint density at radius 3 is 1.36 bits per heavy atom. The maximum absolute atomic E-state index is 7.37. The molecular weight excluding hydrogens is 803 g/mol. The highest BCUT2D eigenvalue weighted by atomic mass is 16.3. The van der Waals surface area contributed by atoms with Crippen molar-refractivity contribution in [2.45, 2.75) is 57.8 Å². The number of furan rings is 2. The molecule has 66 heavy (non-hydrogen) atoms. The van der Waals surface area contributed by atoms with Crippen molar-refractivity contribution in [3.63, 3.8) is 0 Å². The number of hydrogen-bond acceptors (Lipinski definition) is 3. The lowest BCUT2D eigenvalue weighted by Crippen LogP contribution is -2.18. The molecule has 9 aromatic carbocycles.